The number of nitrogens with zero attached hydrogens (tertiary/aromatic N) is 5. The molecule has 2 aromatic heterocycles. The van der Waals surface area contributed by atoms with Crippen molar-refractivity contribution in [3.05, 3.63) is 72.1 Å². The number of para-hydroxylation sites is 1. The average Bonchev–Trinajstić information content (AvgIpc) is 3.01. The van der Waals surface area contributed by atoms with Crippen LogP contribution in [0.3, 0.4) is 0 Å². The van der Waals surface area contributed by atoms with E-state index in [4.69, 9.17) is 0 Å². The zero-order valence-corrected chi connectivity index (χ0v) is 16.0. The minimum absolute atomic E-state index is 0.175. The van der Waals surface area contributed by atoms with Crippen molar-refractivity contribution >= 4 is 11.6 Å². The normalized spacial score (nSPS) is 15.5. The Morgan fingerprint density at radius 3 is 2.86 bits per heavy atom. The average molecular weight is 376 g/mol. The van der Waals surface area contributed by atoms with E-state index in [0.29, 0.717) is 11.7 Å². The van der Waals surface area contributed by atoms with Crippen molar-refractivity contribution in [1.82, 2.24) is 24.6 Å². The van der Waals surface area contributed by atoms with Crippen LogP contribution in [0.4, 0.5) is 5.69 Å². The standard InChI is InChI=1S/C21H24N6O/c1-16(12-18-14-22-8-9-23-18)26-10-5-11-27-19(15-26)13-20(25-27)21(28)24-17-6-3-2-4-7-17/h2-4,6-9,13-14,16H,5,10-12,15H2,1H3,(H,24,28)/t16-/m1/s1. The maximum Gasteiger partial charge on any atom is 0.276 e. The van der Waals surface area contributed by atoms with Crippen LogP contribution < -0.4 is 5.32 Å². The lowest BCUT2D eigenvalue weighted by Crippen LogP contribution is -2.34. The summed E-state index contributed by atoms with van der Waals surface area (Å²) in [7, 11) is 0. The van der Waals surface area contributed by atoms with E-state index in [1.165, 1.54) is 0 Å². The summed E-state index contributed by atoms with van der Waals surface area (Å²) in [5, 5.41) is 7.45. The van der Waals surface area contributed by atoms with Gasteiger partial charge in [0.05, 0.1) is 11.4 Å². The van der Waals surface area contributed by atoms with Gasteiger partial charge in [0.25, 0.3) is 5.91 Å². The molecule has 28 heavy (non-hydrogen) atoms. The van der Waals surface area contributed by atoms with Crippen molar-refractivity contribution in [3.8, 4) is 0 Å². The van der Waals surface area contributed by atoms with Crippen LogP contribution in [-0.4, -0.2) is 43.1 Å². The van der Waals surface area contributed by atoms with Crippen LogP contribution in [0.25, 0.3) is 0 Å². The Morgan fingerprint density at radius 1 is 1.21 bits per heavy atom. The summed E-state index contributed by atoms with van der Waals surface area (Å²) in [6.45, 7) is 4.80. The highest BCUT2D eigenvalue weighted by atomic mass is 16.1. The Morgan fingerprint density at radius 2 is 2.07 bits per heavy atom. The molecule has 1 amide bonds. The lowest BCUT2D eigenvalue weighted by molar-refractivity contribution is 0.102. The first-order valence-corrected chi connectivity index (χ1v) is 9.61. The van der Waals surface area contributed by atoms with Crippen LogP contribution >= 0.6 is 0 Å². The Balaban J connectivity index is 1.45. The molecule has 1 atom stereocenters. The molecular formula is C21H24N6O. The van der Waals surface area contributed by atoms with E-state index in [0.717, 1.165) is 49.6 Å². The lowest BCUT2D eigenvalue weighted by Gasteiger charge is -2.26. The molecule has 1 aromatic carbocycles. The number of carbonyl (C=O) groups excluding carboxylic acids is 1. The van der Waals surface area contributed by atoms with Gasteiger partial charge in [0.2, 0.25) is 0 Å². The van der Waals surface area contributed by atoms with Crippen LogP contribution in [0, 0.1) is 0 Å². The summed E-state index contributed by atoms with van der Waals surface area (Å²) < 4.78 is 1.97. The van der Waals surface area contributed by atoms with Crippen molar-refractivity contribution < 1.29 is 4.79 Å². The largest absolute Gasteiger partial charge is 0.321 e. The van der Waals surface area contributed by atoms with Gasteiger partial charge in [-0.3, -0.25) is 24.3 Å². The highest BCUT2D eigenvalue weighted by Gasteiger charge is 2.23. The molecule has 7 nitrogen and oxygen atoms in total. The first-order valence-electron chi connectivity index (χ1n) is 9.61. The molecule has 0 unspecified atom stereocenters. The van der Waals surface area contributed by atoms with E-state index in [1.807, 2.05) is 47.3 Å². The zero-order chi connectivity index (χ0) is 19.3. The fraction of sp³-hybridized carbons (Fsp3) is 0.333. The number of benzene rings is 1. The van der Waals surface area contributed by atoms with Crippen molar-refractivity contribution in [1.29, 1.82) is 0 Å². The molecule has 4 rings (SSSR count). The molecule has 3 aromatic rings. The predicted octanol–water partition coefficient (Wildman–Crippen LogP) is 2.76. The second kappa shape index (κ2) is 8.31. The number of carbonyl (C=O) groups is 1. The number of fused-ring (bicyclic) bond motifs is 1. The molecule has 0 saturated carbocycles. The quantitative estimate of drug-likeness (QED) is 0.741. The maximum absolute atomic E-state index is 12.6. The van der Waals surface area contributed by atoms with E-state index >= 15 is 0 Å². The van der Waals surface area contributed by atoms with Crippen LogP contribution in [0.5, 0.6) is 0 Å². The number of amides is 1. The van der Waals surface area contributed by atoms with Gasteiger partial charge in [0, 0.05) is 56.4 Å². The van der Waals surface area contributed by atoms with Gasteiger partial charge in [-0.25, -0.2) is 0 Å². The highest BCUT2D eigenvalue weighted by Crippen LogP contribution is 2.18. The van der Waals surface area contributed by atoms with Crippen LogP contribution in [-0.2, 0) is 19.5 Å². The van der Waals surface area contributed by atoms with Gasteiger partial charge in [-0.15, -0.1) is 0 Å². The molecule has 0 spiro atoms. The Kier molecular flexibility index (Phi) is 5.43. The molecule has 1 aliphatic heterocycles. The number of anilines is 1. The maximum atomic E-state index is 12.6. The molecule has 0 bridgehead atoms. The van der Waals surface area contributed by atoms with Gasteiger partial charge in [-0.2, -0.15) is 5.10 Å². The third-order valence-electron chi connectivity index (χ3n) is 5.05. The van der Waals surface area contributed by atoms with Gasteiger partial charge < -0.3 is 5.32 Å². The van der Waals surface area contributed by atoms with E-state index in [1.54, 1.807) is 12.4 Å². The molecule has 3 heterocycles. The summed E-state index contributed by atoms with van der Waals surface area (Å²) in [6, 6.07) is 11.7. The third kappa shape index (κ3) is 4.26. The number of rotatable bonds is 5. The summed E-state index contributed by atoms with van der Waals surface area (Å²) in [5.74, 6) is -0.175. The lowest BCUT2D eigenvalue weighted by atomic mass is 10.1. The first kappa shape index (κ1) is 18.3. The molecule has 1 N–H and O–H groups in total. The smallest absolute Gasteiger partial charge is 0.276 e. The van der Waals surface area contributed by atoms with Crippen LogP contribution in [0.15, 0.2) is 55.0 Å². The Labute approximate surface area is 164 Å². The summed E-state index contributed by atoms with van der Waals surface area (Å²) in [5.41, 5.74) is 3.30. The number of hydrogen-bond acceptors (Lipinski definition) is 5. The van der Waals surface area contributed by atoms with Gasteiger partial charge in [0.1, 0.15) is 0 Å². The fourth-order valence-electron chi connectivity index (χ4n) is 3.56. The van der Waals surface area contributed by atoms with Crippen molar-refractivity contribution in [3.63, 3.8) is 0 Å². The van der Waals surface area contributed by atoms with E-state index in [9.17, 15) is 4.79 Å². The number of hydrogen-bond donors (Lipinski definition) is 1. The van der Waals surface area contributed by atoms with Gasteiger partial charge in [-0.1, -0.05) is 18.2 Å². The fourth-order valence-corrected chi connectivity index (χ4v) is 3.56. The molecule has 0 fully saturated rings. The zero-order valence-electron chi connectivity index (χ0n) is 16.0. The second-order valence-corrected chi connectivity index (χ2v) is 7.14. The van der Waals surface area contributed by atoms with E-state index < -0.39 is 0 Å². The molecule has 7 heteroatoms. The highest BCUT2D eigenvalue weighted by molar-refractivity contribution is 6.02. The van der Waals surface area contributed by atoms with Crippen molar-refractivity contribution in [2.45, 2.75) is 38.9 Å². The van der Waals surface area contributed by atoms with Crippen molar-refractivity contribution in [2.75, 3.05) is 11.9 Å². The molecule has 0 aliphatic carbocycles. The minimum Gasteiger partial charge on any atom is -0.321 e. The summed E-state index contributed by atoms with van der Waals surface area (Å²) in [4.78, 5) is 23.5. The molecule has 0 saturated heterocycles. The number of aryl methyl sites for hydroxylation is 1. The van der Waals surface area contributed by atoms with Crippen LogP contribution in [0.1, 0.15) is 35.2 Å². The predicted molar refractivity (Wildman–Crippen MR) is 107 cm³/mol. The first-order chi connectivity index (χ1) is 13.7. The minimum atomic E-state index is -0.175. The monoisotopic (exact) mass is 376 g/mol. The van der Waals surface area contributed by atoms with Crippen molar-refractivity contribution in [2.24, 2.45) is 0 Å². The Bertz CT molecular complexity index is 925. The second-order valence-electron chi connectivity index (χ2n) is 7.14. The van der Waals surface area contributed by atoms with Gasteiger partial charge in [-0.05, 0) is 31.5 Å². The SMILES string of the molecule is C[C@H](Cc1cnccn1)N1CCCn2nc(C(=O)Nc3ccccc3)cc2C1. The molecule has 144 valence electrons. The van der Waals surface area contributed by atoms with Gasteiger partial charge >= 0.3 is 0 Å². The Hall–Kier alpha value is -3.06. The number of nitrogens with one attached hydrogen (secondary N) is 1. The summed E-state index contributed by atoms with van der Waals surface area (Å²) >= 11 is 0. The molecule has 0 radical (unpaired) electrons. The number of aromatic nitrogens is 4. The molecular weight excluding hydrogens is 352 g/mol. The molecule has 1 aliphatic rings. The van der Waals surface area contributed by atoms with Crippen LogP contribution in [0.2, 0.25) is 0 Å². The van der Waals surface area contributed by atoms with E-state index in [-0.39, 0.29) is 5.91 Å². The van der Waals surface area contributed by atoms with Gasteiger partial charge in [0.15, 0.2) is 5.69 Å². The summed E-state index contributed by atoms with van der Waals surface area (Å²) in [6.07, 6.45) is 7.10. The van der Waals surface area contributed by atoms with E-state index in [2.05, 4.69) is 32.2 Å². The topological polar surface area (TPSA) is 75.9 Å². The third-order valence-corrected chi connectivity index (χ3v) is 5.05.